The Kier molecular flexibility index (Phi) is 1.46. The van der Waals surface area contributed by atoms with E-state index in [-0.39, 0.29) is 22.4 Å². The minimum Gasteiger partial charge on any atom is -0.459 e. The van der Waals surface area contributed by atoms with Crippen molar-refractivity contribution in [1.29, 1.82) is 0 Å². The second kappa shape index (κ2) is 2.10. The highest BCUT2D eigenvalue weighted by molar-refractivity contribution is 5.79. The van der Waals surface area contributed by atoms with Gasteiger partial charge >= 0.3 is 5.97 Å². The van der Waals surface area contributed by atoms with E-state index >= 15 is 0 Å². The number of hydrogen-bond acceptors (Lipinski definition) is 2. The third-order valence-electron chi connectivity index (χ3n) is 4.25. The summed E-state index contributed by atoms with van der Waals surface area (Å²) in [6, 6.07) is 0. The fraction of sp³-hybridized carbons (Fsp3) is 0.909. The van der Waals surface area contributed by atoms with Crippen LogP contribution >= 0.6 is 0 Å². The number of carbonyl (C=O) groups is 1. The summed E-state index contributed by atoms with van der Waals surface area (Å²) >= 11 is 0. The minimum atomic E-state index is -0.245. The highest BCUT2D eigenvalue weighted by Gasteiger charge is 2.61. The molecule has 3 fully saturated rings. The van der Waals surface area contributed by atoms with E-state index in [9.17, 15) is 4.79 Å². The van der Waals surface area contributed by atoms with Gasteiger partial charge in [-0.05, 0) is 38.5 Å². The zero-order chi connectivity index (χ0) is 9.91. The maximum absolute atomic E-state index is 11.8. The summed E-state index contributed by atoms with van der Waals surface area (Å²) in [7, 11) is 0. The molecule has 0 aromatic carbocycles. The zero-order valence-electron chi connectivity index (χ0n) is 8.94. The maximum Gasteiger partial charge on any atom is 0.312 e. The molecule has 2 saturated heterocycles. The van der Waals surface area contributed by atoms with Crippen molar-refractivity contribution >= 4 is 5.97 Å². The largest absolute Gasteiger partial charge is 0.459 e. The lowest BCUT2D eigenvalue weighted by Crippen LogP contribution is -2.60. The lowest BCUT2D eigenvalue weighted by Gasteiger charge is -2.57. The van der Waals surface area contributed by atoms with Crippen LogP contribution in [0.25, 0.3) is 0 Å². The minimum absolute atomic E-state index is 0.0116. The van der Waals surface area contributed by atoms with Gasteiger partial charge in [-0.1, -0.05) is 13.8 Å². The Bertz CT molecular complexity index is 269. The van der Waals surface area contributed by atoms with Crippen LogP contribution in [0.15, 0.2) is 0 Å². The lowest BCUT2D eigenvalue weighted by atomic mass is 9.53. The van der Waals surface area contributed by atoms with Gasteiger partial charge in [0.2, 0.25) is 0 Å². The fourth-order valence-electron chi connectivity index (χ4n) is 2.87. The molecule has 2 heterocycles. The van der Waals surface area contributed by atoms with Crippen LogP contribution in [0.3, 0.4) is 0 Å². The summed E-state index contributed by atoms with van der Waals surface area (Å²) in [4.78, 5) is 11.8. The van der Waals surface area contributed by atoms with Gasteiger partial charge in [0.05, 0.1) is 5.41 Å². The Morgan fingerprint density at radius 1 is 1.15 bits per heavy atom. The van der Waals surface area contributed by atoms with E-state index in [0.717, 1.165) is 19.3 Å². The molecular formula is C11H18O2. The Hall–Kier alpha value is -0.530. The second-order valence-electron chi connectivity index (χ2n) is 5.73. The van der Waals surface area contributed by atoms with Crippen molar-refractivity contribution < 1.29 is 9.53 Å². The molecule has 1 saturated carbocycles. The monoisotopic (exact) mass is 182 g/mol. The van der Waals surface area contributed by atoms with Gasteiger partial charge in [0, 0.05) is 0 Å². The van der Waals surface area contributed by atoms with Crippen LogP contribution < -0.4 is 0 Å². The third-order valence-corrected chi connectivity index (χ3v) is 4.25. The topological polar surface area (TPSA) is 26.3 Å². The quantitative estimate of drug-likeness (QED) is 0.538. The number of esters is 1. The molecule has 2 heteroatoms. The first-order chi connectivity index (χ1) is 5.79. The Labute approximate surface area is 79.7 Å². The number of rotatable bonds is 0. The molecule has 13 heavy (non-hydrogen) atoms. The first kappa shape index (κ1) is 9.04. The molecule has 2 bridgehead atoms. The van der Waals surface area contributed by atoms with E-state index in [1.54, 1.807) is 0 Å². The SMILES string of the molecule is CC12CCC(C)(C(=O)O1)C(C)(C)C2. The van der Waals surface area contributed by atoms with Crippen molar-refractivity contribution in [3.63, 3.8) is 0 Å². The van der Waals surface area contributed by atoms with Gasteiger partial charge in [-0.2, -0.15) is 0 Å². The third kappa shape index (κ3) is 0.976. The summed E-state index contributed by atoms with van der Waals surface area (Å²) in [5, 5.41) is 0. The Morgan fingerprint density at radius 2 is 1.77 bits per heavy atom. The number of hydrogen-bond donors (Lipinski definition) is 0. The van der Waals surface area contributed by atoms with Crippen LogP contribution in [0.5, 0.6) is 0 Å². The molecule has 0 amide bonds. The molecule has 1 aliphatic carbocycles. The van der Waals surface area contributed by atoms with Crippen LogP contribution in [0, 0.1) is 10.8 Å². The number of carbonyl (C=O) groups excluding carboxylic acids is 1. The Morgan fingerprint density at radius 3 is 2.23 bits per heavy atom. The molecule has 2 unspecified atom stereocenters. The normalized spacial score (nSPS) is 47.5. The van der Waals surface area contributed by atoms with Crippen molar-refractivity contribution in [2.75, 3.05) is 0 Å². The molecule has 2 aliphatic heterocycles. The van der Waals surface area contributed by atoms with Gasteiger partial charge < -0.3 is 4.74 Å². The van der Waals surface area contributed by atoms with Crippen molar-refractivity contribution in [1.82, 2.24) is 0 Å². The molecule has 0 spiro atoms. The first-order valence-corrected chi connectivity index (χ1v) is 5.03. The van der Waals surface area contributed by atoms with E-state index in [0.29, 0.717) is 0 Å². The van der Waals surface area contributed by atoms with Gasteiger partial charge in [-0.15, -0.1) is 0 Å². The molecule has 0 aromatic rings. The lowest BCUT2D eigenvalue weighted by molar-refractivity contribution is -0.223. The summed E-state index contributed by atoms with van der Waals surface area (Å²) in [6.45, 7) is 8.48. The Balaban J connectivity index is 2.44. The maximum atomic E-state index is 11.8. The molecule has 0 aromatic heterocycles. The molecule has 3 aliphatic rings. The first-order valence-electron chi connectivity index (χ1n) is 5.03. The molecule has 0 N–H and O–H groups in total. The van der Waals surface area contributed by atoms with Gasteiger partial charge in [0.25, 0.3) is 0 Å². The smallest absolute Gasteiger partial charge is 0.312 e. The molecule has 2 atom stereocenters. The van der Waals surface area contributed by atoms with Gasteiger partial charge in [0.15, 0.2) is 0 Å². The van der Waals surface area contributed by atoms with Crippen molar-refractivity contribution in [2.45, 2.75) is 52.6 Å². The molecule has 2 nitrogen and oxygen atoms in total. The summed E-state index contributed by atoms with van der Waals surface area (Å²) < 4.78 is 5.47. The van der Waals surface area contributed by atoms with Crippen LogP contribution in [0.1, 0.15) is 47.0 Å². The van der Waals surface area contributed by atoms with Crippen molar-refractivity contribution in [2.24, 2.45) is 10.8 Å². The van der Waals surface area contributed by atoms with Gasteiger partial charge in [-0.25, -0.2) is 0 Å². The predicted molar refractivity (Wildman–Crippen MR) is 50.2 cm³/mol. The van der Waals surface area contributed by atoms with Gasteiger partial charge in [0.1, 0.15) is 5.60 Å². The summed E-state index contributed by atoms with van der Waals surface area (Å²) in [5.74, 6) is 0.0116. The summed E-state index contributed by atoms with van der Waals surface area (Å²) in [6.07, 6.45) is 3.01. The van der Waals surface area contributed by atoms with E-state index < -0.39 is 0 Å². The van der Waals surface area contributed by atoms with Crippen LogP contribution in [-0.4, -0.2) is 11.6 Å². The summed E-state index contributed by atoms with van der Waals surface area (Å²) in [5.41, 5.74) is -0.335. The van der Waals surface area contributed by atoms with Crippen LogP contribution in [-0.2, 0) is 9.53 Å². The van der Waals surface area contributed by atoms with Crippen molar-refractivity contribution in [3.8, 4) is 0 Å². The zero-order valence-corrected chi connectivity index (χ0v) is 8.94. The molecule has 0 radical (unpaired) electrons. The van der Waals surface area contributed by atoms with E-state index in [4.69, 9.17) is 4.74 Å². The molecule has 3 rings (SSSR count). The number of fused-ring (bicyclic) bond motifs is 3. The van der Waals surface area contributed by atoms with E-state index in [2.05, 4.69) is 20.8 Å². The van der Waals surface area contributed by atoms with E-state index in [1.807, 2.05) is 6.92 Å². The highest BCUT2D eigenvalue weighted by Crippen LogP contribution is 2.59. The molecule has 74 valence electrons. The van der Waals surface area contributed by atoms with Gasteiger partial charge in [-0.3, -0.25) is 4.79 Å². The fourth-order valence-corrected chi connectivity index (χ4v) is 2.87. The molecular weight excluding hydrogens is 164 g/mol. The average Bonchev–Trinajstić information content (AvgIpc) is 1.93. The van der Waals surface area contributed by atoms with Crippen LogP contribution in [0.4, 0.5) is 0 Å². The number of ether oxygens (including phenoxy) is 1. The van der Waals surface area contributed by atoms with E-state index in [1.165, 1.54) is 0 Å². The highest BCUT2D eigenvalue weighted by atomic mass is 16.6. The predicted octanol–water partition coefficient (Wildman–Crippen LogP) is 2.52. The average molecular weight is 182 g/mol. The standard InChI is InChI=1S/C11H18O2/c1-9(2)7-10(3)5-6-11(9,4)8(12)13-10/h5-7H2,1-4H3. The second-order valence-corrected chi connectivity index (χ2v) is 5.73. The van der Waals surface area contributed by atoms with Crippen molar-refractivity contribution in [3.05, 3.63) is 0 Å². The van der Waals surface area contributed by atoms with Crippen LogP contribution in [0.2, 0.25) is 0 Å².